The van der Waals surface area contributed by atoms with Gasteiger partial charge in [-0.1, -0.05) is 40.5 Å². The second-order valence-corrected chi connectivity index (χ2v) is 7.38. The van der Waals surface area contributed by atoms with Crippen LogP contribution >= 0.6 is 23.2 Å². The maximum absolute atomic E-state index is 11.4. The molecule has 0 spiro atoms. The summed E-state index contributed by atoms with van der Waals surface area (Å²) in [5, 5.41) is 14.4. The molecule has 1 unspecified atom stereocenters. The molecule has 8 heteroatoms. The third-order valence-corrected chi connectivity index (χ3v) is 4.52. The second-order valence-electron chi connectivity index (χ2n) is 6.54. The van der Waals surface area contributed by atoms with E-state index in [1.165, 1.54) is 6.21 Å². The highest BCUT2D eigenvalue weighted by atomic mass is 35.5. The molecule has 1 atom stereocenters. The molecule has 2 rings (SSSR count). The summed E-state index contributed by atoms with van der Waals surface area (Å²) in [4.78, 5) is 16.7. The van der Waals surface area contributed by atoms with Crippen molar-refractivity contribution in [1.29, 1.82) is 0 Å². The molecule has 0 aromatic heterocycles. The first-order chi connectivity index (χ1) is 13.8. The minimum atomic E-state index is -1.01. The van der Waals surface area contributed by atoms with Gasteiger partial charge in [-0.2, -0.15) is 0 Å². The quantitative estimate of drug-likeness (QED) is 0.417. The Balaban J connectivity index is 2.09. The summed E-state index contributed by atoms with van der Waals surface area (Å²) < 4.78 is 10.8. The highest BCUT2D eigenvalue weighted by molar-refractivity contribution is 6.35. The molecule has 0 aliphatic carbocycles. The van der Waals surface area contributed by atoms with Crippen LogP contribution in [-0.4, -0.2) is 36.6 Å². The molecule has 156 valence electrons. The van der Waals surface area contributed by atoms with Gasteiger partial charge in [0.1, 0.15) is 12.4 Å². The lowest BCUT2D eigenvalue weighted by atomic mass is 10.0. The largest absolute Gasteiger partial charge is 0.496 e. The Morgan fingerprint density at radius 2 is 1.97 bits per heavy atom. The van der Waals surface area contributed by atoms with Crippen LogP contribution in [0.4, 0.5) is 0 Å². The number of benzene rings is 2. The van der Waals surface area contributed by atoms with Crippen molar-refractivity contribution in [1.82, 2.24) is 0 Å². The molecule has 0 amide bonds. The van der Waals surface area contributed by atoms with Gasteiger partial charge >= 0.3 is 5.97 Å². The van der Waals surface area contributed by atoms with E-state index in [0.717, 1.165) is 11.1 Å². The van der Waals surface area contributed by atoms with E-state index in [2.05, 4.69) is 5.16 Å². The lowest BCUT2D eigenvalue weighted by molar-refractivity contribution is -0.153. The van der Waals surface area contributed by atoms with Crippen LogP contribution in [0.15, 0.2) is 41.6 Å². The Morgan fingerprint density at radius 1 is 1.21 bits per heavy atom. The van der Waals surface area contributed by atoms with Crippen LogP contribution in [0.25, 0.3) is 0 Å². The summed E-state index contributed by atoms with van der Waals surface area (Å²) in [5.74, 6) is -0.421. The number of hydrogen-bond donors (Lipinski definition) is 1. The van der Waals surface area contributed by atoms with Crippen molar-refractivity contribution in [3.8, 4) is 5.75 Å². The monoisotopic (exact) mass is 439 g/mol. The third kappa shape index (κ3) is 7.24. The van der Waals surface area contributed by atoms with Crippen molar-refractivity contribution in [2.24, 2.45) is 5.16 Å². The molecule has 1 N–H and O–H groups in total. The van der Waals surface area contributed by atoms with Gasteiger partial charge in [0.25, 0.3) is 0 Å². The van der Waals surface area contributed by atoms with E-state index in [-0.39, 0.29) is 19.1 Å². The zero-order valence-electron chi connectivity index (χ0n) is 16.4. The Hall–Kier alpha value is -2.28. The molecule has 0 aliphatic heterocycles. The highest BCUT2D eigenvalue weighted by Crippen LogP contribution is 2.22. The molecule has 0 aliphatic rings. The first-order valence-electron chi connectivity index (χ1n) is 8.94. The standard InChI is InChI=1S/C21H23Cl2NO5/c1-13(2)29-20(21(25)26)9-14-4-7-19(27-3)16(8-14)11-24-28-12-15-5-6-17(22)10-18(15)23/h4-8,10-11,13,20H,9,12H2,1-3H3,(H,25,26)/b24-11+. The summed E-state index contributed by atoms with van der Waals surface area (Å²) in [5.41, 5.74) is 2.19. The van der Waals surface area contributed by atoms with E-state index in [1.54, 1.807) is 57.4 Å². The number of aliphatic carboxylic acids is 1. The Morgan fingerprint density at radius 3 is 2.59 bits per heavy atom. The molecule has 6 nitrogen and oxygen atoms in total. The Bertz CT molecular complexity index is 870. The number of hydrogen-bond acceptors (Lipinski definition) is 5. The van der Waals surface area contributed by atoms with Crippen LogP contribution in [0, 0.1) is 0 Å². The average Bonchev–Trinajstić information content (AvgIpc) is 2.66. The fraction of sp³-hybridized carbons (Fsp3) is 0.333. The Kier molecular flexibility index (Phi) is 8.76. The second kappa shape index (κ2) is 11.0. The maximum atomic E-state index is 11.4. The van der Waals surface area contributed by atoms with Crippen LogP contribution in [0.2, 0.25) is 10.0 Å². The number of oxime groups is 1. The van der Waals surface area contributed by atoms with E-state index in [0.29, 0.717) is 21.4 Å². The molecule has 0 heterocycles. The average molecular weight is 440 g/mol. The fourth-order valence-corrected chi connectivity index (χ4v) is 3.05. The fourth-order valence-electron chi connectivity index (χ4n) is 2.59. The zero-order valence-corrected chi connectivity index (χ0v) is 17.9. The smallest absolute Gasteiger partial charge is 0.333 e. The summed E-state index contributed by atoms with van der Waals surface area (Å²) in [6.45, 7) is 3.77. The zero-order chi connectivity index (χ0) is 21.4. The van der Waals surface area contributed by atoms with Crippen LogP contribution in [0.5, 0.6) is 5.75 Å². The SMILES string of the molecule is COc1ccc(CC(OC(C)C)C(=O)O)cc1/C=N/OCc1ccc(Cl)cc1Cl. The van der Waals surface area contributed by atoms with E-state index in [1.807, 2.05) is 0 Å². The lowest BCUT2D eigenvalue weighted by Gasteiger charge is -2.17. The topological polar surface area (TPSA) is 77.4 Å². The maximum Gasteiger partial charge on any atom is 0.333 e. The lowest BCUT2D eigenvalue weighted by Crippen LogP contribution is -2.29. The first kappa shape index (κ1) is 23.0. The predicted octanol–water partition coefficient (Wildman–Crippen LogP) is 4.97. The molecule has 29 heavy (non-hydrogen) atoms. The molecule has 0 saturated carbocycles. The van der Waals surface area contributed by atoms with Gasteiger partial charge in [-0.05, 0) is 43.7 Å². The van der Waals surface area contributed by atoms with Gasteiger partial charge in [0, 0.05) is 27.6 Å². The number of ether oxygens (including phenoxy) is 2. The van der Waals surface area contributed by atoms with Crippen LogP contribution in [0.3, 0.4) is 0 Å². The number of rotatable bonds is 10. The third-order valence-electron chi connectivity index (χ3n) is 3.93. The summed E-state index contributed by atoms with van der Waals surface area (Å²) in [6, 6.07) is 10.5. The van der Waals surface area contributed by atoms with E-state index in [9.17, 15) is 9.90 Å². The molecule has 2 aromatic rings. The van der Waals surface area contributed by atoms with Crippen molar-refractivity contribution < 1.29 is 24.2 Å². The molecule has 0 radical (unpaired) electrons. The van der Waals surface area contributed by atoms with Gasteiger partial charge in [-0.25, -0.2) is 4.79 Å². The predicted molar refractivity (Wildman–Crippen MR) is 113 cm³/mol. The molecular weight excluding hydrogens is 417 g/mol. The van der Waals surface area contributed by atoms with E-state index < -0.39 is 12.1 Å². The molecular formula is C21H23Cl2NO5. The van der Waals surface area contributed by atoms with Gasteiger partial charge < -0.3 is 19.4 Å². The van der Waals surface area contributed by atoms with Crippen molar-refractivity contribution in [3.05, 3.63) is 63.1 Å². The summed E-state index contributed by atoms with van der Waals surface area (Å²) in [7, 11) is 1.54. The van der Waals surface area contributed by atoms with Crippen molar-refractivity contribution in [2.75, 3.05) is 7.11 Å². The summed E-state index contributed by atoms with van der Waals surface area (Å²) in [6.07, 6.45) is 0.602. The van der Waals surface area contributed by atoms with Gasteiger partial charge in [-0.15, -0.1) is 0 Å². The normalized spacial score (nSPS) is 12.3. The number of carbonyl (C=O) groups is 1. The highest BCUT2D eigenvalue weighted by Gasteiger charge is 2.20. The van der Waals surface area contributed by atoms with Crippen LogP contribution < -0.4 is 4.74 Å². The van der Waals surface area contributed by atoms with Gasteiger partial charge in [0.05, 0.1) is 19.4 Å². The number of carboxylic acids is 1. The molecule has 0 bridgehead atoms. The van der Waals surface area contributed by atoms with Gasteiger partial charge in [0.2, 0.25) is 0 Å². The molecule has 0 saturated heterocycles. The number of carboxylic acid groups (broad SMARTS) is 1. The van der Waals surface area contributed by atoms with Crippen molar-refractivity contribution in [2.45, 2.75) is 39.1 Å². The first-order valence-corrected chi connectivity index (χ1v) is 9.70. The molecule has 2 aromatic carbocycles. The van der Waals surface area contributed by atoms with E-state index in [4.69, 9.17) is 37.5 Å². The van der Waals surface area contributed by atoms with Crippen LogP contribution in [-0.2, 0) is 27.4 Å². The minimum Gasteiger partial charge on any atom is -0.496 e. The van der Waals surface area contributed by atoms with Crippen molar-refractivity contribution >= 4 is 35.4 Å². The number of nitrogens with zero attached hydrogens (tertiary/aromatic N) is 1. The molecule has 0 fully saturated rings. The van der Waals surface area contributed by atoms with Crippen LogP contribution in [0.1, 0.15) is 30.5 Å². The van der Waals surface area contributed by atoms with Gasteiger partial charge in [0.15, 0.2) is 6.10 Å². The number of methoxy groups -OCH3 is 1. The van der Waals surface area contributed by atoms with E-state index >= 15 is 0 Å². The van der Waals surface area contributed by atoms with Gasteiger partial charge in [-0.3, -0.25) is 0 Å². The summed E-state index contributed by atoms with van der Waals surface area (Å²) >= 11 is 12.0. The number of halogens is 2. The minimum absolute atomic E-state index is 0.178. The van der Waals surface area contributed by atoms with Crippen molar-refractivity contribution in [3.63, 3.8) is 0 Å². The Labute approximate surface area is 180 Å².